The predicted octanol–water partition coefficient (Wildman–Crippen LogP) is 1.47. The lowest BCUT2D eigenvalue weighted by Crippen LogP contribution is -2.25. The Morgan fingerprint density at radius 3 is 2.40 bits per heavy atom. The van der Waals surface area contributed by atoms with Crippen molar-refractivity contribution in [1.29, 1.82) is 5.26 Å². The van der Waals surface area contributed by atoms with Crippen LogP contribution in [0.4, 0.5) is 0 Å². The van der Waals surface area contributed by atoms with E-state index in [1.807, 2.05) is 13.0 Å². The smallest absolute Gasteiger partial charge is 0.0901 e. The van der Waals surface area contributed by atoms with Crippen molar-refractivity contribution in [1.82, 2.24) is 0 Å². The predicted molar refractivity (Wildman–Crippen MR) is 40.2 cm³/mol. The molecule has 0 spiro atoms. The molecule has 0 amide bonds. The summed E-state index contributed by atoms with van der Waals surface area (Å²) >= 11 is 0. The second-order valence-electron chi connectivity index (χ2n) is 2.80. The largest absolute Gasteiger partial charge is 0.387 e. The van der Waals surface area contributed by atoms with Gasteiger partial charge in [0.15, 0.2) is 0 Å². The van der Waals surface area contributed by atoms with Gasteiger partial charge in [0.1, 0.15) is 0 Å². The van der Waals surface area contributed by atoms with Crippen LogP contribution in [-0.2, 0) is 0 Å². The van der Waals surface area contributed by atoms with Crippen LogP contribution in [0.3, 0.4) is 0 Å². The van der Waals surface area contributed by atoms with Crippen LogP contribution >= 0.6 is 0 Å². The third-order valence-corrected chi connectivity index (χ3v) is 1.40. The molecule has 0 heterocycles. The number of hydrogen-bond donors (Lipinski definition) is 1. The highest BCUT2D eigenvalue weighted by Gasteiger charge is 2.24. The molecule has 10 heavy (non-hydrogen) atoms. The van der Waals surface area contributed by atoms with Gasteiger partial charge in [-0.05, 0) is 20.8 Å². The van der Waals surface area contributed by atoms with Gasteiger partial charge < -0.3 is 5.11 Å². The highest BCUT2D eigenvalue weighted by atomic mass is 16.3. The second-order valence-corrected chi connectivity index (χ2v) is 2.80. The van der Waals surface area contributed by atoms with Crippen molar-refractivity contribution in [3.05, 3.63) is 12.2 Å². The van der Waals surface area contributed by atoms with Crippen molar-refractivity contribution < 1.29 is 5.11 Å². The summed E-state index contributed by atoms with van der Waals surface area (Å²) in [6.45, 7) is 5.23. The molecule has 0 aromatic carbocycles. The summed E-state index contributed by atoms with van der Waals surface area (Å²) < 4.78 is 0. The normalized spacial score (nSPS) is 15.1. The molecule has 2 nitrogen and oxygen atoms in total. The zero-order valence-corrected chi connectivity index (χ0v) is 6.63. The zero-order chi connectivity index (χ0) is 8.20. The standard InChI is InChI=1S/C8H13NO/c1-4-5-7(10)8(2,3)6-9/h4-5,7,10H,1-3H3/b5-4+. The third-order valence-electron chi connectivity index (χ3n) is 1.40. The average molecular weight is 139 g/mol. The Morgan fingerprint density at radius 1 is 1.60 bits per heavy atom. The van der Waals surface area contributed by atoms with Gasteiger partial charge in [-0.1, -0.05) is 12.2 Å². The number of aliphatic hydroxyl groups excluding tert-OH is 1. The molecule has 0 rings (SSSR count). The van der Waals surface area contributed by atoms with Gasteiger partial charge in [-0.25, -0.2) is 0 Å². The Hall–Kier alpha value is -0.810. The van der Waals surface area contributed by atoms with Crippen molar-refractivity contribution in [3.8, 4) is 6.07 Å². The molecule has 1 unspecified atom stereocenters. The Bertz CT molecular complexity index is 165. The molecular weight excluding hydrogens is 126 g/mol. The molecule has 0 aliphatic rings. The Morgan fingerprint density at radius 2 is 2.10 bits per heavy atom. The van der Waals surface area contributed by atoms with Crippen LogP contribution in [0.5, 0.6) is 0 Å². The molecule has 0 saturated carbocycles. The molecule has 2 heteroatoms. The number of aliphatic hydroxyl groups is 1. The van der Waals surface area contributed by atoms with E-state index in [0.29, 0.717) is 0 Å². The molecule has 0 aromatic rings. The Kier molecular flexibility index (Phi) is 3.11. The van der Waals surface area contributed by atoms with E-state index in [1.54, 1.807) is 26.0 Å². The molecule has 0 fully saturated rings. The first-order valence-corrected chi connectivity index (χ1v) is 3.26. The van der Waals surface area contributed by atoms with E-state index in [0.717, 1.165) is 0 Å². The van der Waals surface area contributed by atoms with Crippen molar-refractivity contribution in [3.63, 3.8) is 0 Å². The van der Waals surface area contributed by atoms with E-state index in [-0.39, 0.29) is 0 Å². The van der Waals surface area contributed by atoms with Crippen LogP contribution < -0.4 is 0 Å². The van der Waals surface area contributed by atoms with Gasteiger partial charge in [0.05, 0.1) is 17.6 Å². The van der Waals surface area contributed by atoms with E-state index < -0.39 is 11.5 Å². The van der Waals surface area contributed by atoms with Gasteiger partial charge in [0.25, 0.3) is 0 Å². The highest BCUT2D eigenvalue weighted by molar-refractivity contribution is 5.04. The third kappa shape index (κ3) is 2.20. The lowest BCUT2D eigenvalue weighted by atomic mass is 9.88. The van der Waals surface area contributed by atoms with E-state index in [9.17, 15) is 5.11 Å². The van der Waals surface area contributed by atoms with E-state index in [1.165, 1.54) is 0 Å². The topological polar surface area (TPSA) is 44.0 Å². The SMILES string of the molecule is C/C=C/C(O)C(C)(C)C#N. The second kappa shape index (κ2) is 3.38. The quantitative estimate of drug-likeness (QED) is 0.589. The molecule has 1 atom stereocenters. The Balaban J connectivity index is 4.21. The molecule has 0 bridgehead atoms. The van der Waals surface area contributed by atoms with Crippen LogP contribution in [0.25, 0.3) is 0 Å². The summed E-state index contributed by atoms with van der Waals surface area (Å²) in [6, 6.07) is 2.02. The van der Waals surface area contributed by atoms with Crippen molar-refractivity contribution in [2.45, 2.75) is 26.9 Å². The lowest BCUT2D eigenvalue weighted by molar-refractivity contribution is 0.131. The number of rotatable bonds is 2. The maximum Gasteiger partial charge on any atom is 0.0901 e. The van der Waals surface area contributed by atoms with Gasteiger partial charge >= 0.3 is 0 Å². The summed E-state index contributed by atoms with van der Waals surface area (Å²) in [6.07, 6.45) is 2.69. The molecule has 0 saturated heterocycles. The summed E-state index contributed by atoms with van der Waals surface area (Å²) in [5.41, 5.74) is -0.674. The van der Waals surface area contributed by atoms with Crippen LogP contribution in [0.15, 0.2) is 12.2 Å². The van der Waals surface area contributed by atoms with Gasteiger partial charge in [-0.2, -0.15) is 5.26 Å². The molecule has 0 radical (unpaired) electrons. The first kappa shape index (κ1) is 9.19. The fourth-order valence-electron chi connectivity index (χ4n) is 0.489. The van der Waals surface area contributed by atoms with Crippen LogP contribution in [-0.4, -0.2) is 11.2 Å². The molecule has 1 N–H and O–H groups in total. The van der Waals surface area contributed by atoms with Crippen molar-refractivity contribution in [2.24, 2.45) is 5.41 Å². The minimum atomic E-state index is -0.674. The lowest BCUT2D eigenvalue weighted by Gasteiger charge is -2.18. The van der Waals surface area contributed by atoms with Crippen LogP contribution in [0.1, 0.15) is 20.8 Å². The maximum absolute atomic E-state index is 9.27. The first-order valence-electron chi connectivity index (χ1n) is 3.26. The molecule has 56 valence electrons. The number of nitriles is 1. The highest BCUT2D eigenvalue weighted by Crippen LogP contribution is 2.19. The van der Waals surface area contributed by atoms with Crippen LogP contribution in [0, 0.1) is 16.7 Å². The number of allylic oxidation sites excluding steroid dienone is 1. The van der Waals surface area contributed by atoms with Crippen molar-refractivity contribution >= 4 is 0 Å². The summed E-state index contributed by atoms with van der Waals surface area (Å²) in [5.74, 6) is 0. The summed E-state index contributed by atoms with van der Waals surface area (Å²) in [7, 11) is 0. The molecule has 0 aliphatic carbocycles. The summed E-state index contributed by atoms with van der Waals surface area (Å²) in [4.78, 5) is 0. The summed E-state index contributed by atoms with van der Waals surface area (Å²) in [5, 5.41) is 17.8. The van der Waals surface area contributed by atoms with Gasteiger partial charge in [0.2, 0.25) is 0 Å². The zero-order valence-electron chi connectivity index (χ0n) is 6.63. The van der Waals surface area contributed by atoms with Crippen LogP contribution in [0.2, 0.25) is 0 Å². The Labute approximate surface area is 61.8 Å². The van der Waals surface area contributed by atoms with Gasteiger partial charge in [-0.3, -0.25) is 0 Å². The maximum atomic E-state index is 9.27. The minimum Gasteiger partial charge on any atom is -0.387 e. The number of hydrogen-bond acceptors (Lipinski definition) is 2. The average Bonchev–Trinajstić information content (AvgIpc) is 1.89. The van der Waals surface area contributed by atoms with Gasteiger partial charge in [0, 0.05) is 0 Å². The monoisotopic (exact) mass is 139 g/mol. The van der Waals surface area contributed by atoms with E-state index >= 15 is 0 Å². The van der Waals surface area contributed by atoms with Gasteiger partial charge in [-0.15, -0.1) is 0 Å². The molecular formula is C8H13NO. The van der Waals surface area contributed by atoms with Crippen molar-refractivity contribution in [2.75, 3.05) is 0 Å². The fourth-order valence-corrected chi connectivity index (χ4v) is 0.489. The number of nitrogens with zero attached hydrogens (tertiary/aromatic N) is 1. The van der Waals surface area contributed by atoms with E-state index in [4.69, 9.17) is 5.26 Å². The van der Waals surface area contributed by atoms with E-state index in [2.05, 4.69) is 0 Å². The first-order chi connectivity index (χ1) is 4.54. The minimum absolute atomic E-state index is 0.664. The molecule has 0 aromatic heterocycles. The fraction of sp³-hybridized carbons (Fsp3) is 0.625. The molecule has 0 aliphatic heterocycles.